The molecule has 0 aromatic carbocycles. The number of hydrogen-bond donors (Lipinski definition) is 3. The maximum Gasteiger partial charge on any atom is 0.303 e. The Kier molecular flexibility index (Phi) is 4.46. The van der Waals surface area contributed by atoms with E-state index in [0.717, 1.165) is 0 Å². The Labute approximate surface area is 91.6 Å². The third kappa shape index (κ3) is 4.09. The fourth-order valence-electron chi connectivity index (χ4n) is 1.05. The van der Waals surface area contributed by atoms with E-state index in [9.17, 15) is 9.59 Å². The van der Waals surface area contributed by atoms with Gasteiger partial charge in [-0.1, -0.05) is 5.16 Å². The molecule has 0 fully saturated rings. The maximum absolute atomic E-state index is 11.4. The average molecular weight is 227 g/mol. The number of rotatable bonds is 6. The number of aliphatic carboxylic acids is 1. The van der Waals surface area contributed by atoms with Crippen LogP contribution in [0.15, 0.2) is 16.8 Å². The van der Waals surface area contributed by atoms with Crippen molar-refractivity contribution in [1.82, 2.24) is 10.5 Å². The topological polar surface area (TPSA) is 118 Å². The van der Waals surface area contributed by atoms with Crippen molar-refractivity contribution in [1.29, 1.82) is 0 Å². The van der Waals surface area contributed by atoms with Gasteiger partial charge in [-0.25, -0.2) is 0 Å². The van der Waals surface area contributed by atoms with Gasteiger partial charge in [0.15, 0.2) is 5.76 Å². The summed E-state index contributed by atoms with van der Waals surface area (Å²) in [6.45, 7) is 0.194. The van der Waals surface area contributed by atoms with Crippen LogP contribution in [0, 0.1) is 0 Å². The number of carbonyl (C=O) groups excluding carboxylic acids is 1. The molecule has 1 rings (SSSR count). The summed E-state index contributed by atoms with van der Waals surface area (Å²) in [7, 11) is 0. The average Bonchev–Trinajstić information content (AvgIpc) is 2.75. The highest BCUT2D eigenvalue weighted by molar-refractivity contribution is 5.82. The highest BCUT2D eigenvalue weighted by atomic mass is 16.5. The van der Waals surface area contributed by atoms with E-state index in [-0.39, 0.29) is 19.4 Å². The van der Waals surface area contributed by atoms with Crippen LogP contribution in [0.25, 0.3) is 0 Å². The molecule has 1 heterocycles. The summed E-state index contributed by atoms with van der Waals surface area (Å²) in [5.74, 6) is -0.866. The van der Waals surface area contributed by atoms with Crippen LogP contribution < -0.4 is 11.1 Å². The molecule has 7 nitrogen and oxygen atoms in total. The van der Waals surface area contributed by atoms with Crippen molar-refractivity contribution < 1.29 is 19.2 Å². The Morgan fingerprint density at radius 3 is 2.94 bits per heavy atom. The fraction of sp³-hybridized carbons (Fsp3) is 0.444. The van der Waals surface area contributed by atoms with E-state index in [1.54, 1.807) is 6.07 Å². The van der Waals surface area contributed by atoms with Gasteiger partial charge in [0.2, 0.25) is 5.91 Å². The van der Waals surface area contributed by atoms with Crippen LogP contribution >= 0.6 is 0 Å². The summed E-state index contributed by atoms with van der Waals surface area (Å²) in [5.41, 5.74) is 5.48. The highest BCUT2D eigenvalue weighted by Gasteiger charge is 2.14. The minimum absolute atomic E-state index is 0.109. The molecule has 0 saturated carbocycles. The first-order valence-electron chi connectivity index (χ1n) is 4.74. The van der Waals surface area contributed by atoms with Gasteiger partial charge in [-0.2, -0.15) is 0 Å². The first-order valence-corrected chi connectivity index (χ1v) is 4.74. The van der Waals surface area contributed by atoms with E-state index in [4.69, 9.17) is 15.4 Å². The summed E-state index contributed by atoms with van der Waals surface area (Å²) >= 11 is 0. The Bertz CT molecular complexity index is 350. The number of nitrogens with two attached hydrogens (primary N) is 1. The second kappa shape index (κ2) is 5.86. The SMILES string of the molecule is NC(CCC(=O)O)C(=O)NCc1ccno1. The third-order valence-electron chi connectivity index (χ3n) is 1.93. The molecule has 4 N–H and O–H groups in total. The van der Waals surface area contributed by atoms with Crippen LogP contribution in [-0.2, 0) is 16.1 Å². The summed E-state index contributed by atoms with van der Waals surface area (Å²) < 4.78 is 4.76. The Morgan fingerprint density at radius 1 is 1.62 bits per heavy atom. The van der Waals surface area contributed by atoms with Crippen LogP contribution in [-0.4, -0.2) is 28.2 Å². The molecular formula is C9H13N3O4. The van der Waals surface area contributed by atoms with E-state index in [1.165, 1.54) is 6.20 Å². The molecule has 0 aliphatic carbocycles. The van der Waals surface area contributed by atoms with Gasteiger partial charge in [0, 0.05) is 12.5 Å². The smallest absolute Gasteiger partial charge is 0.303 e. The maximum atomic E-state index is 11.4. The number of nitrogens with zero attached hydrogens (tertiary/aromatic N) is 1. The van der Waals surface area contributed by atoms with Gasteiger partial charge in [-0.15, -0.1) is 0 Å². The van der Waals surface area contributed by atoms with Crippen LogP contribution in [0.1, 0.15) is 18.6 Å². The molecule has 7 heteroatoms. The van der Waals surface area contributed by atoms with Crippen LogP contribution in [0.2, 0.25) is 0 Å². The van der Waals surface area contributed by atoms with E-state index in [1.807, 2.05) is 0 Å². The zero-order chi connectivity index (χ0) is 12.0. The predicted molar refractivity (Wildman–Crippen MR) is 53.2 cm³/mol. The summed E-state index contributed by atoms with van der Waals surface area (Å²) in [6, 6.07) is 0.794. The zero-order valence-electron chi connectivity index (χ0n) is 8.55. The number of nitrogens with one attached hydrogen (secondary N) is 1. The van der Waals surface area contributed by atoms with Gasteiger partial charge < -0.3 is 20.7 Å². The third-order valence-corrected chi connectivity index (χ3v) is 1.93. The molecule has 0 radical (unpaired) electrons. The first kappa shape index (κ1) is 12.2. The molecule has 0 saturated heterocycles. The van der Waals surface area contributed by atoms with E-state index in [2.05, 4.69) is 10.5 Å². The minimum atomic E-state index is -0.974. The number of aromatic nitrogens is 1. The lowest BCUT2D eigenvalue weighted by Gasteiger charge is -2.09. The summed E-state index contributed by atoms with van der Waals surface area (Å²) in [5, 5.41) is 14.4. The van der Waals surface area contributed by atoms with Crippen LogP contribution in [0.5, 0.6) is 0 Å². The standard InChI is InChI=1S/C9H13N3O4/c10-7(1-2-8(13)14)9(15)11-5-6-3-4-12-16-6/h3-4,7H,1-2,5,10H2,(H,11,15)(H,13,14). The molecule has 0 aliphatic rings. The highest BCUT2D eigenvalue weighted by Crippen LogP contribution is 1.98. The van der Waals surface area contributed by atoms with Crippen molar-refractivity contribution in [2.24, 2.45) is 5.73 Å². The molecule has 1 unspecified atom stereocenters. The lowest BCUT2D eigenvalue weighted by atomic mass is 10.1. The van der Waals surface area contributed by atoms with Crippen LogP contribution in [0.3, 0.4) is 0 Å². The van der Waals surface area contributed by atoms with Crippen molar-refractivity contribution >= 4 is 11.9 Å². The van der Waals surface area contributed by atoms with Gasteiger partial charge in [-0.3, -0.25) is 9.59 Å². The number of hydrogen-bond acceptors (Lipinski definition) is 5. The predicted octanol–water partition coefficient (Wildman–Crippen LogP) is -0.517. The number of carbonyl (C=O) groups is 2. The molecule has 0 bridgehead atoms. The zero-order valence-corrected chi connectivity index (χ0v) is 8.55. The largest absolute Gasteiger partial charge is 0.481 e. The number of carboxylic acid groups (broad SMARTS) is 1. The Hall–Kier alpha value is -1.89. The van der Waals surface area contributed by atoms with Gasteiger partial charge >= 0.3 is 5.97 Å². The fourth-order valence-corrected chi connectivity index (χ4v) is 1.05. The minimum Gasteiger partial charge on any atom is -0.481 e. The molecule has 0 spiro atoms. The van der Waals surface area contributed by atoms with Crippen molar-refractivity contribution in [2.75, 3.05) is 0 Å². The van der Waals surface area contributed by atoms with E-state index < -0.39 is 17.9 Å². The van der Waals surface area contributed by atoms with Gasteiger partial charge in [0.1, 0.15) is 0 Å². The quantitative estimate of drug-likeness (QED) is 0.601. The molecule has 88 valence electrons. The second-order valence-electron chi connectivity index (χ2n) is 3.24. The summed E-state index contributed by atoms with van der Waals surface area (Å²) in [4.78, 5) is 21.6. The Balaban J connectivity index is 2.26. The molecule has 1 aromatic rings. The van der Waals surface area contributed by atoms with E-state index in [0.29, 0.717) is 5.76 Å². The van der Waals surface area contributed by atoms with Crippen molar-refractivity contribution in [3.8, 4) is 0 Å². The van der Waals surface area contributed by atoms with Crippen LogP contribution in [0.4, 0.5) is 0 Å². The van der Waals surface area contributed by atoms with Crippen molar-refractivity contribution in [3.05, 3.63) is 18.0 Å². The first-order chi connectivity index (χ1) is 7.59. The number of amides is 1. The van der Waals surface area contributed by atoms with Gasteiger partial charge in [0.05, 0.1) is 18.8 Å². The second-order valence-corrected chi connectivity index (χ2v) is 3.24. The molecule has 16 heavy (non-hydrogen) atoms. The summed E-state index contributed by atoms with van der Waals surface area (Å²) in [6.07, 6.45) is 1.44. The molecule has 1 aromatic heterocycles. The normalized spacial score (nSPS) is 12.1. The van der Waals surface area contributed by atoms with Crippen molar-refractivity contribution in [2.45, 2.75) is 25.4 Å². The van der Waals surface area contributed by atoms with Gasteiger partial charge in [0.25, 0.3) is 0 Å². The number of carboxylic acids is 1. The lowest BCUT2D eigenvalue weighted by Crippen LogP contribution is -2.40. The van der Waals surface area contributed by atoms with Gasteiger partial charge in [-0.05, 0) is 6.42 Å². The molecule has 0 aliphatic heterocycles. The Morgan fingerprint density at radius 2 is 2.38 bits per heavy atom. The lowest BCUT2D eigenvalue weighted by molar-refractivity contribution is -0.137. The monoisotopic (exact) mass is 227 g/mol. The molecule has 1 amide bonds. The molecule has 1 atom stereocenters. The van der Waals surface area contributed by atoms with E-state index >= 15 is 0 Å². The van der Waals surface area contributed by atoms with Crippen molar-refractivity contribution in [3.63, 3.8) is 0 Å². The molecular weight excluding hydrogens is 214 g/mol.